The summed E-state index contributed by atoms with van der Waals surface area (Å²) in [7, 11) is 1.36. The Morgan fingerprint density at radius 1 is 1.21 bits per heavy atom. The number of benzene rings is 1. The highest BCUT2D eigenvalue weighted by Crippen LogP contribution is 2.49. The number of aromatic amines is 1. The molecule has 3 aromatic rings. The maximum atomic E-state index is 14.4. The maximum Gasteiger partial charge on any atom is 0.200 e. The second-order valence-corrected chi connectivity index (χ2v) is 7.79. The van der Waals surface area contributed by atoms with E-state index < -0.39 is 11.6 Å². The van der Waals surface area contributed by atoms with Crippen molar-refractivity contribution < 1.29 is 13.5 Å². The Morgan fingerprint density at radius 3 is 2.79 bits per heavy atom. The van der Waals surface area contributed by atoms with Gasteiger partial charge in [0.25, 0.3) is 0 Å². The molecule has 4 nitrogen and oxygen atoms in total. The SMILES string of the molecule is CC[C@H]1CC[C@@H](c2ccc(F)c(F)c2OC)[C@H](c2cc(=O)c3cnccc3[nH]2)C1. The average molecular weight is 398 g/mol. The molecule has 0 unspecified atom stereocenters. The molecule has 1 fully saturated rings. The van der Waals surface area contributed by atoms with Crippen LogP contribution >= 0.6 is 0 Å². The molecule has 152 valence electrons. The number of halogens is 2. The molecular formula is C23H24F2N2O2. The molecule has 4 rings (SSSR count). The first kappa shape index (κ1) is 19.6. The second kappa shape index (κ2) is 7.93. The number of H-pyrrole nitrogens is 1. The van der Waals surface area contributed by atoms with E-state index >= 15 is 0 Å². The highest BCUT2D eigenvalue weighted by Gasteiger charge is 2.35. The molecule has 6 heteroatoms. The minimum atomic E-state index is -0.959. The number of nitrogens with one attached hydrogen (secondary N) is 1. The third kappa shape index (κ3) is 3.52. The molecule has 0 bridgehead atoms. The molecule has 0 spiro atoms. The summed E-state index contributed by atoms with van der Waals surface area (Å²) in [5, 5.41) is 0.543. The van der Waals surface area contributed by atoms with Gasteiger partial charge < -0.3 is 9.72 Å². The van der Waals surface area contributed by atoms with Gasteiger partial charge in [-0.15, -0.1) is 0 Å². The largest absolute Gasteiger partial charge is 0.493 e. The molecule has 1 aliphatic rings. The number of nitrogens with zero attached hydrogens (tertiary/aromatic N) is 1. The number of methoxy groups -OCH3 is 1. The lowest BCUT2D eigenvalue weighted by Crippen LogP contribution is -2.24. The third-order valence-corrected chi connectivity index (χ3v) is 6.27. The van der Waals surface area contributed by atoms with Gasteiger partial charge in [-0.2, -0.15) is 4.39 Å². The molecule has 1 N–H and O–H groups in total. The van der Waals surface area contributed by atoms with Crippen molar-refractivity contribution in [3.05, 3.63) is 69.8 Å². The van der Waals surface area contributed by atoms with Gasteiger partial charge >= 0.3 is 0 Å². The van der Waals surface area contributed by atoms with Gasteiger partial charge in [-0.05, 0) is 43.2 Å². The van der Waals surface area contributed by atoms with Gasteiger partial charge in [0, 0.05) is 35.6 Å². The van der Waals surface area contributed by atoms with Crippen molar-refractivity contribution in [3.63, 3.8) is 0 Å². The van der Waals surface area contributed by atoms with Crippen molar-refractivity contribution in [2.45, 2.75) is 44.4 Å². The van der Waals surface area contributed by atoms with E-state index in [0.29, 0.717) is 16.9 Å². The number of fused-ring (bicyclic) bond motifs is 1. The van der Waals surface area contributed by atoms with E-state index in [9.17, 15) is 13.6 Å². The summed E-state index contributed by atoms with van der Waals surface area (Å²) in [6, 6.07) is 6.19. The molecule has 0 amide bonds. The normalized spacial score (nSPS) is 22.0. The molecule has 0 saturated heterocycles. The third-order valence-electron chi connectivity index (χ3n) is 6.27. The highest BCUT2D eigenvalue weighted by atomic mass is 19.2. The van der Waals surface area contributed by atoms with E-state index in [-0.39, 0.29) is 23.0 Å². The van der Waals surface area contributed by atoms with Crippen molar-refractivity contribution in [2.75, 3.05) is 7.11 Å². The van der Waals surface area contributed by atoms with Crippen LogP contribution < -0.4 is 10.2 Å². The van der Waals surface area contributed by atoms with Gasteiger partial charge in [0.2, 0.25) is 5.82 Å². The molecule has 1 aliphatic carbocycles. The van der Waals surface area contributed by atoms with Crippen LogP contribution in [0, 0.1) is 17.6 Å². The zero-order chi connectivity index (χ0) is 20.5. The molecule has 29 heavy (non-hydrogen) atoms. The van der Waals surface area contributed by atoms with E-state index in [0.717, 1.165) is 43.0 Å². The maximum absolute atomic E-state index is 14.4. The smallest absolute Gasteiger partial charge is 0.200 e. The minimum Gasteiger partial charge on any atom is -0.493 e. The zero-order valence-corrected chi connectivity index (χ0v) is 16.5. The Labute approximate surface area is 167 Å². The number of rotatable bonds is 4. The lowest BCUT2D eigenvalue weighted by molar-refractivity contribution is 0.270. The summed E-state index contributed by atoms with van der Waals surface area (Å²) < 4.78 is 33.4. The van der Waals surface area contributed by atoms with E-state index in [4.69, 9.17) is 4.74 Å². The summed E-state index contributed by atoms with van der Waals surface area (Å²) in [4.78, 5) is 20.1. The van der Waals surface area contributed by atoms with E-state index in [2.05, 4.69) is 16.9 Å². The molecule has 1 aromatic carbocycles. The molecular weight excluding hydrogens is 374 g/mol. The number of ether oxygens (including phenoxy) is 1. The molecule has 3 atom stereocenters. The van der Waals surface area contributed by atoms with Crippen LogP contribution in [0.4, 0.5) is 8.78 Å². The van der Waals surface area contributed by atoms with Crippen molar-refractivity contribution in [1.82, 2.24) is 9.97 Å². The lowest BCUT2D eigenvalue weighted by Gasteiger charge is -2.37. The summed E-state index contributed by atoms with van der Waals surface area (Å²) in [6.07, 6.45) is 6.94. The van der Waals surface area contributed by atoms with Gasteiger partial charge in [0.15, 0.2) is 17.0 Å². The van der Waals surface area contributed by atoms with Crippen LogP contribution in [0.25, 0.3) is 10.9 Å². The van der Waals surface area contributed by atoms with Gasteiger partial charge in [0.1, 0.15) is 0 Å². The Kier molecular flexibility index (Phi) is 5.35. The van der Waals surface area contributed by atoms with Crippen LogP contribution in [0.1, 0.15) is 55.7 Å². The Morgan fingerprint density at radius 2 is 2.03 bits per heavy atom. The highest BCUT2D eigenvalue weighted by molar-refractivity contribution is 5.77. The Balaban J connectivity index is 1.84. The monoisotopic (exact) mass is 398 g/mol. The average Bonchev–Trinajstić information content (AvgIpc) is 2.75. The molecule has 2 aromatic heterocycles. The fourth-order valence-electron chi connectivity index (χ4n) is 4.70. The molecule has 1 saturated carbocycles. The minimum absolute atomic E-state index is 0.0160. The predicted octanol–water partition coefficient (Wildman–Crippen LogP) is 5.29. The molecule has 0 aliphatic heterocycles. The predicted molar refractivity (Wildman–Crippen MR) is 108 cm³/mol. The lowest BCUT2D eigenvalue weighted by atomic mass is 9.69. The van der Waals surface area contributed by atoms with E-state index in [1.165, 1.54) is 7.11 Å². The number of hydrogen-bond donors (Lipinski definition) is 1. The van der Waals surface area contributed by atoms with Gasteiger partial charge in [-0.25, -0.2) is 4.39 Å². The standard InChI is InChI=1S/C23H24F2N2O2/c1-3-13-4-5-14(15-6-7-18(24)22(25)23(15)29-2)16(10-13)20-11-21(28)17-12-26-9-8-19(17)27-20/h6-9,11-14,16H,3-5,10H2,1-2H3,(H,27,28)/t13-,14-,16+/m0/s1. The van der Waals surface area contributed by atoms with Crippen molar-refractivity contribution >= 4 is 10.9 Å². The summed E-state index contributed by atoms with van der Waals surface area (Å²) >= 11 is 0. The molecule has 0 radical (unpaired) electrons. The Bertz CT molecular complexity index is 1100. The van der Waals surface area contributed by atoms with Gasteiger partial charge in [-0.1, -0.05) is 19.4 Å². The van der Waals surface area contributed by atoms with Crippen LogP contribution in [0.3, 0.4) is 0 Å². The Hall–Kier alpha value is -2.76. The summed E-state index contributed by atoms with van der Waals surface area (Å²) in [5.41, 5.74) is 2.12. The first-order valence-corrected chi connectivity index (χ1v) is 10.0. The quantitative estimate of drug-likeness (QED) is 0.650. The summed E-state index contributed by atoms with van der Waals surface area (Å²) in [6.45, 7) is 2.16. The van der Waals surface area contributed by atoms with Gasteiger partial charge in [-0.3, -0.25) is 9.78 Å². The van der Waals surface area contributed by atoms with Crippen molar-refractivity contribution in [2.24, 2.45) is 5.92 Å². The summed E-state index contributed by atoms with van der Waals surface area (Å²) in [5.74, 6) is -1.49. The van der Waals surface area contributed by atoms with Crippen LogP contribution in [0.2, 0.25) is 0 Å². The van der Waals surface area contributed by atoms with Crippen LogP contribution in [0.5, 0.6) is 5.75 Å². The van der Waals surface area contributed by atoms with Crippen LogP contribution in [0.15, 0.2) is 41.5 Å². The van der Waals surface area contributed by atoms with Crippen molar-refractivity contribution in [3.8, 4) is 5.75 Å². The number of pyridine rings is 2. The van der Waals surface area contributed by atoms with Crippen LogP contribution in [-0.2, 0) is 0 Å². The second-order valence-electron chi connectivity index (χ2n) is 7.79. The fraction of sp³-hybridized carbons (Fsp3) is 0.391. The van der Waals surface area contributed by atoms with Crippen molar-refractivity contribution in [1.29, 1.82) is 0 Å². The topological polar surface area (TPSA) is 55.0 Å². The first-order chi connectivity index (χ1) is 14.0. The fourth-order valence-corrected chi connectivity index (χ4v) is 4.70. The zero-order valence-electron chi connectivity index (χ0n) is 16.5. The number of hydrogen-bond acceptors (Lipinski definition) is 3. The first-order valence-electron chi connectivity index (χ1n) is 10.0. The van der Waals surface area contributed by atoms with E-state index in [1.807, 2.05) is 0 Å². The van der Waals surface area contributed by atoms with E-state index in [1.54, 1.807) is 30.6 Å². The van der Waals surface area contributed by atoms with Gasteiger partial charge in [0.05, 0.1) is 18.0 Å². The molecule has 2 heterocycles. The number of aromatic nitrogens is 2. The van der Waals surface area contributed by atoms with Crippen LogP contribution in [-0.4, -0.2) is 17.1 Å².